The van der Waals surface area contributed by atoms with Gasteiger partial charge in [-0.25, -0.2) is 0 Å². The number of benzene rings is 3. The number of carbonyl (C=O) groups excluding carboxylic acids is 1. The number of morpholine rings is 1. The van der Waals surface area contributed by atoms with Crippen molar-refractivity contribution >= 4 is 39.7 Å². The van der Waals surface area contributed by atoms with Crippen LogP contribution in [-0.4, -0.2) is 39.3 Å². The van der Waals surface area contributed by atoms with Crippen molar-refractivity contribution in [3.05, 3.63) is 65.2 Å². The van der Waals surface area contributed by atoms with Crippen LogP contribution in [0.3, 0.4) is 0 Å². The molecule has 0 unspecified atom stereocenters. The number of para-hydroxylation sites is 1. The Hall–Kier alpha value is -2.76. The fraction of sp³-hybridized carbons (Fsp3) is 0.292. The fourth-order valence-electron chi connectivity index (χ4n) is 3.76. The van der Waals surface area contributed by atoms with Gasteiger partial charge in [-0.05, 0) is 47.5 Å². The van der Waals surface area contributed by atoms with Crippen LogP contribution < -0.4 is 15.0 Å². The molecule has 3 aromatic carbocycles. The van der Waals surface area contributed by atoms with Crippen molar-refractivity contribution in [2.45, 2.75) is 12.8 Å². The first kappa shape index (κ1) is 20.5. The summed E-state index contributed by atoms with van der Waals surface area (Å²) in [7, 11) is 1.66. The number of fused-ring (bicyclic) bond motifs is 1. The van der Waals surface area contributed by atoms with Crippen molar-refractivity contribution in [3.8, 4) is 5.75 Å². The Labute approximate surface area is 181 Å². The minimum absolute atomic E-state index is 0.0698. The lowest BCUT2D eigenvalue weighted by molar-refractivity contribution is -0.117. The number of anilines is 2. The molecule has 0 bridgehead atoms. The van der Waals surface area contributed by atoms with Crippen molar-refractivity contribution in [2.75, 3.05) is 43.6 Å². The quantitative estimate of drug-likeness (QED) is 0.620. The average molecular weight is 425 g/mol. The second kappa shape index (κ2) is 8.94. The summed E-state index contributed by atoms with van der Waals surface area (Å²) in [4.78, 5) is 15.2. The molecule has 1 aliphatic heterocycles. The number of carbonyl (C=O) groups is 1. The fourth-order valence-corrected chi connectivity index (χ4v) is 4.05. The summed E-state index contributed by atoms with van der Waals surface area (Å²) in [6, 6.07) is 17.6. The van der Waals surface area contributed by atoms with E-state index in [0.717, 1.165) is 46.5 Å². The Bertz CT molecular complexity index is 1060. The maximum absolute atomic E-state index is 13.1. The number of ether oxygens (including phenoxy) is 2. The zero-order chi connectivity index (χ0) is 21.1. The Balaban J connectivity index is 1.57. The molecular formula is C24H25ClN2O3. The van der Waals surface area contributed by atoms with Crippen LogP contribution in [0.5, 0.6) is 5.75 Å². The second-order valence-electron chi connectivity index (χ2n) is 7.42. The second-order valence-corrected chi connectivity index (χ2v) is 7.83. The van der Waals surface area contributed by atoms with Gasteiger partial charge >= 0.3 is 0 Å². The van der Waals surface area contributed by atoms with Crippen molar-refractivity contribution in [2.24, 2.45) is 0 Å². The standard InChI is InChI=1S/C24H25ClN2O3/c1-16(17-6-7-19-15-20(29-2)9-8-18(19)14-17)24(28)26-22-5-3-4-21(25)23(22)27-10-12-30-13-11-27/h3-9,14-16H,10-13H2,1-2H3,(H,26,28)/t16-/m1/s1. The van der Waals surface area contributed by atoms with E-state index in [2.05, 4.69) is 16.3 Å². The summed E-state index contributed by atoms with van der Waals surface area (Å²) in [5.74, 6) is 0.435. The SMILES string of the molecule is COc1ccc2cc([C@@H](C)C(=O)Nc3cccc(Cl)c3N3CCOCC3)ccc2c1. The monoisotopic (exact) mass is 424 g/mol. The molecule has 4 rings (SSSR count). The van der Waals surface area contributed by atoms with Crippen molar-refractivity contribution in [3.63, 3.8) is 0 Å². The lowest BCUT2D eigenvalue weighted by Gasteiger charge is -2.31. The number of hydrogen-bond donors (Lipinski definition) is 1. The third-order valence-electron chi connectivity index (χ3n) is 5.54. The molecule has 0 aliphatic carbocycles. The number of methoxy groups -OCH3 is 1. The predicted molar refractivity (Wildman–Crippen MR) is 122 cm³/mol. The third kappa shape index (κ3) is 4.23. The van der Waals surface area contributed by atoms with Gasteiger partial charge in [-0.15, -0.1) is 0 Å². The Morgan fingerprint density at radius 1 is 1.10 bits per heavy atom. The van der Waals surface area contributed by atoms with Gasteiger partial charge in [0.1, 0.15) is 5.75 Å². The maximum Gasteiger partial charge on any atom is 0.231 e. The van der Waals surface area contributed by atoms with Crippen LogP contribution in [0.4, 0.5) is 11.4 Å². The predicted octanol–water partition coefficient (Wildman–Crippen LogP) is 5.08. The van der Waals surface area contributed by atoms with Gasteiger partial charge in [0.25, 0.3) is 0 Å². The molecule has 1 N–H and O–H groups in total. The molecule has 0 radical (unpaired) electrons. The summed E-state index contributed by atoms with van der Waals surface area (Å²) in [6.45, 7) is 4.71. The number of halogens is 1. The van der Waals surface area contributed by atoms with E-state index in [1.54, 1.807) is 7.11 Å². The van der Waals surface area contributed by atoms with Crippen LogP contribution in [0.25, 0.3) is 10.8 Å². The van der Waals surface area contributed by atoms with E-state index in [0.29, 0.717) is 18.2 Å². The van der Waals surface area contributed by atoms with E-state index in [9.17, 15) is 4.79 Å². The minimum Gasteiger partial charge on any atom is -0.497 e. The van der Waals surface area contributed by atoms with Crippen LogP contribution in [-0.2, 0) is 9.53 Å². The zero-order valence-corrected chi connectivity index (χ0v) is 17.9. The van der Waals surface area contributed by atoms with Crippen LogP contribution >= 0.6 is 11.6 Å². The van der Waals surface area contributed by atoms with Crippen LogP contribution in [0.2, 0.25) is 5.02 Å². The number of nitrogens with zero attached hydrogens (tertiary/aromatic N) is 1. The number of hydrogen-bond acceptors (Lipinski definition) is 4. The molecule has 1 fully saturated rings. The first-order valence-corrected chi connectivity index (χ1v) is 10.4. The largest absolute Gasteiger partial charge is 0.497 e. The zero-order valence-electron chi connectivity index (χ0n) is 17.2. The molecule has 1 atom stereocenters. The summed E-state index contributed by atoms with van der Waals surface area (Å²) < 4.78 is 10.7. The van der Waals surface area contributed by atoms with Crippen LogP contribution in [0.1, 0.15) is 18.4 Å². The van der Waals surface area contributed by atoms with E-state index in [-0.39, 0.29) is 11.8 Å². The van der Waals surface area contributed by atoms with Gasteiger partial charge in [0.15, 0.2) is 0 Å². The summed E-state index contributed by atoms with van der Waals surface area (Å²) in [6.07, 6.45) is 0. The number of rotatable bonds is 5. The Kier molecular flexibility index (Phi) is 6.11. The van der Waals surface area contributed by atoms with Gasteiger partial charge < -0.3 is 19.7 Å². The third-order valence-corrected chi connectivity index (χ3v) is 5.84. The lowest BCUT2D eigenvalue weighted by Crippen LogP contribution is -2.37. The first-order chi connectivity index (χ1) is 14.6. The van der Waals surface area contributed by atoms with E-state index in [1.807, 2.05) is 55.5 Å². The molecule has 6 heteroatoms. The number of nitrogens with one attached hydrogen (secondary N) is 1. The highest BCUT2D eigenvalue weighted by Gasteiger charge is 2.21. The highest BCUT2D eigenvalue weighted by Crippen LogP contribution is 2.35. The maximum atomic E-state index is 13.1. The van der Waals surface area contributed by atoms with Gasteiger partial charge in [0.05, 0.1) is 42.6 Å². The summed E-state index contributed by atoms with van der Waals surface area (Å²) in [5, 5.41) is 5.87. The van der Waals surface area contributed by atoms with Crippen LogP contribution in [0.15, 0.2) is 54.6 Å². The van der Waals surface area contributed by atoms with E-state index in [1.165, 1.54) is 0 Å². The topological polar surface area (TPSA) is 50.8 Å². The normalized spacial score (nSPS) is 15.1. The molecule has 156 valence electrons. The lowest BCUT2D eigenvalue weighted by atomic mass is 9.97. The highest BCUT2D eigenvalue weighted by molar-refractivity contribution is 6.34. The smallest absolute Gasteiger partial charge is 0.231 e. The first-order valence-electron chi connectivity index (χ1n) is 10.1. The van der Waals surface area contributed by atoms with Gasteiger partial charge in [0, 0.05) is 13.1 Å². The Morgan fingerprint density at radius 3 is 2.60 bits per heavy atom. The van der Waals surface area contributed by atoms with Gasteiger partial charge in [-0.1, -0.05) is 41.9 Å². The highest BCUT2D eigenvalue weighted by atomic mass is 35.5. The molecule has 1 saturated heterocycles. The Morgan fingerprint density at radius 2 is 1.83 bits per heavy atom. The van der Waals surface area contributed by atoms with Gasteiger partial charge in [-0.3, -0.25) is 4.79 Å². The molecule has 1 heterocycles. The van der Waals surface area contributed by atoms with Crippen molar-refractivity contribution < 1.29 is 14.3 Å². The summed E-state index contributed by atoms with van der Waals surface area (Å²) in [5.41, 5.74) is 2.54. The molecule has 0 spiro atoms. The minimum atomic E-state index is -0.312. The van der Waals surface area contributed by atoms with Crippen molar-refractivity contribution in [1.29, 1.82) is 0 Å². The molecular weight excluding hydrogens is 400 g/mol. The van der Waals surface area contributed by atoms with E-state index >= 15 is 0 Å². The molecule has 1 aliphatic rings. The molecule has 0 aromatic heterocycles. The molecule has 3 aromatic rings. The number of amides is 1. The average Bonchev–Trinajstić information content (AvgIpc) is 2.78. The van der Waals surface area contributed by atoms with Gasteiger partial charge in [0.2, 0.25) is 5.91 Å². The van der Waals surface area contributed by atoms with E-state index in [4.69, 9.17) is 21.1 Å². The molecule has 5 nitrogen and oxygen atoms in total. The van der Waals surface area contributed by atoms with Gasteiger partial charge in [-0.2, -0.15) is 0 Å². The van der Waals surface area contributed by atoms with Crippen molar-refractivity contribution in [1.82, 2.24) is 0 Å². The van der Waals surface area contributed by atoms with E-state index < -0.39 is 0 Å². The van der Waals surface area contributed by atoms with Crippen LogP contribution in [0, 0.1) is 0 Å². The molecule has 0 saturated carbocycles. The molecule has 30 heavy (non-hydrogen) atoms. The summed E-state index contributed by atoms with van der Waals surface area (Å²) >= 11 is 6.49. The molecule has 1 amide bonds.